The first kappa shape index (κ1) is 17.0. The number of aliphatic hydroxyl groups is 2. The first-order valence-corrected chi connectivity index (χ1v) is 8.94. The minimum atomic E-state index is -0.696. The average molecular weight is 391 g/mol. The molecule has 0 saturated heterocycles. The Labute approximate surface area is 149 Å². The van der Waals surface area contributed by atoms with Gasteiger partial charge in [0.25, 0.3) is 0 Å². The molecule has 0 atom stereocenters. The van der Waals surface area contributed by atoms with Crippen molar-refractivity contribution < 1.29 is 19.8 Å². The summed E-state index contributed by atoms with van der Waals surface area (Å²) in [5, 5.41) is 20.7. The van der Waals surface area contributed by atoms with Gasteiger partial charge in [0.15, 0.2) is 11.6 Å². The van der Waals surface area contributed by atoms with E-state index in [1.165, 1.54) is 0 Å². The molecule has 0 bridgehead atoms. The lowest BCUT2D eigenvalue weighted by atomic mass is 9.74. The van der Waals surface area contributed by atoms with Crippen molar-refractivity contribution in [2.45, 2.75) is 44.4 Å². The number of benzene rings is 1. The van der Waals surface area contributed by atoms with E-state index in [1.54, 1.807) is 0 Å². The minimum absolute atomic E-state index is 0.0397. The summed E-state index contributed by atoms with van der Waals surface area (Å²) in [7, 11) is 0. The van der Waals surface area contributed by atoms with Gasteiger partial charge < -0.3 is 10.2 Å². The van der Waals surface area contributed by atoms with E-state index >= 15 is 0 Å². The van der Waals surface area contributed by atoms with Crippen LogP contribution in [0.25, 0.3) is 0 Å². The Balaban J connectivity index is 2.20. The Morgan fingerprint density at radius 1 is 0.792 bits per heavy atom. The second kappa shape index (κ2) is 6.93. The number of allylic oxidation sites excluding steroid dienone is 4. The molecule has 4 nitrogen and oxygen atoms in total. The normalized spacial score (nSPS) is 19.4. The fourth-order valence-electron chi connectivity index (χ4n) is 3.48. The molecule has 0 saturated carbocycles. The molecule has 3 rings (SSSR count). The van der Waals surface area contributed by atoms with E-state index in [2.05, 4.69) is 15.9 Å². The molecule has 2 aliphatic carbocycles. The van der Waals surface area contributed by atoms with Gasteiger partial charge in [-0.25, -0.2) is 0 Å². The highest BCUT2D eigenvalue weighted by molar-refractivity contribution is 9.10. The van der Waals surface area contributed by atoms with E-state index in [-0.39, 0.29) is 34.2 Å². The van der Waals surface area contributed by atoms with Gasteiger partial charge in [-0.3, -0.25) is 9.59 Å². The maximum Gasteiger partial charge on any atom is 0.163 e. The molecule has 0 unspecified atom stereocenters. The fraction of sp³-hybridized carbons (Fsp3) is 0.368. The number of rotatable bonds is 3. The number of ketones is 2. The van der Waals surface area contributed by atoms with E-state index < -0.39 is 5.92 Å². The molecule has 0 amide bonds. The number of carbonyl (C=O) groups excluding carboxylic acids is 2. The summed E-state index contributed by atoms with van der Waals surface area (Å²) in [5.74, 6) is -0.912. The molecule has 2 N–H and O–H groups in total. The van der Waals surface area contributed by atoms with Crippen LogP contribution in [0.5, 0.6) is 0 Å². The number of hydrogen-bond acceptors (Lipinski definition) is 4. The molecule has 5 heteroatoms. The molecule has 0 fully saturated rings. The molecular weight excluding hydrogens is 372 g/mol. The second-order valence-electron chi connectivity index (χ2n) is 6.26. The highest BCUT2D eigenvalue weighted by Crippen LogP contribution is 2.41. The van der Waals surface area contributed by atoms with Crippen LogP contribution in [0.3, 0.4) is 0 Å². The van der Waals surface area contributed by atoms with Crippen LogP contribution in [0, 0.1) is 0 Å². The Hall–Kier alpha value is -1.88. The molecule has 0 heterocycles. The minimum Gasteiger partial charge on any atom is -0.512 e. The van der Waals surface area contributed by atoms with Crippen molar-refractivity contribution in [1.29, 1.82) is 0 Å². The molecule has 0 spiro atoms. The smallest absolute Gasteiger partial charge is 0.163 e. The zero-order valence-electron chi connectivity index (χ0n) is 13.2. The highest BCUT2D eigenvalue weighted by atomic mass is 79.9. The third-order valence-electron chi connectivity index (χ3n) is 4.64. The van der Waals surface area contributed by atoms with Crippen molar-refractivity contribution in [1.82, 2.24) is 0 Å². The molecule has 2 aliphatic rings. The second-order valence-corrected chi connectivity index (χ2v) is 7.17. The van der Waals surface area contributed by atoms with Crippen molar-refractivity contribution in [2.75, 3.05) is 0 Å². The number of carbonyl (C=O) groups is 2. The summed E-state index contributed by atoms with van der Waals surface area (Å²) < 4.78 is 0.881. The van der Waals surface area contributed by atoms with Crippen LogP contribution in [0.2, 0.25) is 0 Å². The molecule has 0 aromatic heterocycles. The first-order chi connectivity index (χ1) is 11.5. The fourth-order valence-corrected chi connectivity index (χ4v) is 3.75. The number of Topliss-reactive ketones (excluding diaryl/α,β-unsaturated/α-hetero) is 2. The predicted molar refractivity (Wildman–Crippen MR) is 93.9 cm³/mol. The summed E-state index contributed by atoms with van der Waals surface area (Å²) in [6, 6.07) is 7.30. The third kappa shape index (κ3) is 3.18. The monoisotopic (exact) mass is 390 g/mol. The summed E-state index contributed by atoms with van der Waals surface area (Å²) in [6.07, 6.45) is 2.79. The predicted octanol–water partition coefficient (Wildman–Crippen LogP) is 4.66. The lowest BCUT2D eigenvalue weighted by Gasteiger charge is -2.28. The molecule has 0 aliphatic heterocycles. The quantitative estimate of drug-likeness (QED) is 0.786. The van der Waals surface area contributed by atoms with Gasteiger partial charge >= 0.3 is 0 Å². The van der Waals surface area contributed by atoms with Gasteiger partial charge in [0.1, 0.15) is 0 Å². The Bertz CT molecular complexity index is 701. The van der Waals surface area contributed by atoms with Crippen LogP contribution in [0.1, 0.15) is 50.0 Å². The van der Waals surface area contributed by atoms with E-state index in [9.17, 15) is 19.8 Å². The molecule has 0 radical (unpaired) electrons. The Morgan fingerprint density at radius 3 is 1.67 bits per heavy atom. The molecule has 1 aromatic rings. The van der Waals surface area contributed by atoms with Crippen LogP contribution in [-0.4, -0.2) is 21.8 Å². The van der Waals surface area contributed by atoms with Gasteiger partial charge in [0.2, 0.25) is 0 Å². The van der Waals surface area contributed by atoms with Gasteiger partial charge in [-0.2, -0.15) is 0 Å². The summed E-state index contributed by atoms with van der Waals surface area (Å²) in [6.45, 7) is 0. The maximum absolute atomic E-state index is 12.5. The van der Waals surface area contributed by atoms with Crippen molar-refractivity contribution in [3.8, 4) is 0 Å². The van der Waals surface area contributed by atoms with Crippen molar-refractivity contribution >= 4 is 27.5 Å². The molecular formula is C19H19BrO4. The topological polar surface area (TPSA) is 74.6 Å². The van der Waals surface area contributed by atoms with E-state index in [0.717, 1.165) is 10.0 Å². The van der Waals surface area contributed by atoms with Gasteiger partial charge in [0.05, 0.1) is 11.5 Å². The van der Waals surface area contributed by atoms with Crippen LogP contribution in [-0.2, 0) is 9.59 Å². The maximum atomic E-state index is 12.5. The standard InChI is InChI=1S/C19H19BrO4/c20-12-9-7-11(8-10-12)17(18-13(21)3-1-4-14(18)22)19-15(23)5-2-6-16(19)24/h7-10,17,21,23H,1-6H2. The van der Waals surface area contributed by atoms with Gasteiger partial charge in [0, 0.05) is 47.2 Å². The molecule has 126 valence electrons. The van der Waals surface area contributed by atoms with E-state index in [1.807, 2.05) is 24.3 Å². The third-order valence-corrected chi connectivity index (χ3v) is 5.17. The zero-order valence-corrected chi connectivity index (χ0v) is 14.8. The zero-order chi connectivity index (χ0) is 17.3. The molecule has 1 aromatic carbocycles. The van der Waals surface area contributed by atoms with Crippen LogP contribution >= 0.6 is 15.9 Å². The summed E-state index contributed by atoms with van der Waals surface area (Å²) >= 11 is 3.38. The van der Waals surface area contributed by atoms with Crippen LogP contribution < -0.4 is 0 Å². The first-order valence-electron chi connectivity index (χ1n) is 8.15. The number of halogens is 1. The van der Waals surface area contributed by atoms with Crippen LogP contribution in [0.15, 0.2) is 51.4 Å². The van der Waals surface area contributed by atoms with E-state index in [0.29, 0.717) is 38.5 Å². The van der Waals surface area contributed by atoms with E-state index in [4.69, 9.17) is 0 Å². The lowest BCUT2D eigenvalue weighted by molar-refractivity contribution is -0.117. The summed E-state index contributed by atoms with van der Waals surface area (Å²) in [4.78, 5) is 25.0. The average Bonchev–Trinajstić information content (AvgIpc) is 2.54. The van der Waals surface area contributed by atoms with Gasteiger partial charge in [-0.05, 0) is 30.5 Å². The van der Waals surface area contributed by atoms with Crippen molar-refractivity contribution in [3.63, 3.8) is 0 Å². The molecule has 24 heavy (non-hydrogen) atoms. The van der Waals surface area contributed by atoms with Crippen molar-refractivity contribution in [2.24, 2.45) is 0 Å². The highest BCUT2D eigenvalue weighted by Gasteiger charge is 2.37. The van der Waals surface area contributed by atoms with Crippen LogP contribution in [0.4, 0.5) is 0 Å². The Morgan fingerprint density at radius 2 is 1.25 bits per heavy atom. The lowest BCUT2D eigenvalue weighted by Crippen LogP contribution is -2.25. The number of hydrogen-bond donors (Lipinski definition) is 2. The van der Waals surface area contributed by atoms with Gasteiger partial charge in [-0.15, -0.1) is 0 Å². The summed E-state index contributed by atoms with van der Waals surface area (Å²) in [5.41, 5.74) is 1.26. The van der Waals surface area contributed by atoms with Gasteiger partial charge in [-0.1, -0.05) is 28.1 Å². The largest absolute Gasteiger partial charge is 0.512 e. The Kier molecular flexibility index (Phi) is 4.90. The number of aliphatic hydroxyl groups excluding tert-OH is 2. The SMILES string of the molecule is O=C1CCCC(O)=C1C(C1=C(O)CCCC1=O)c1ccc(Br)cc1. The van der Waals surface area contributed by atoms with Crippen molar-refractivity contribution in [3.05, 3.63) is 57.0 Å².